The monoisotopic (exact) mass is 473 g/mol. The van der Waals surface area contributed by atoms with Crippen LogP contribution < -0.4 is 4.74 Å². The minimum Gasteiger partial charge on any atom is -0.457 e. The zero-order chi connectivity index (χ0) is 24.8. The number of hydrogen-bond donors (Lipinski definition) is 1. The third-order valence-electron chi connectivity index (χ3n) is 5.05. The first-order valence-electron chi connectivity index (χ1n) is 10.5. The van der Waals surface area contributed by atoms with Crippen LogP contribution in [0.2, 0.25) is 0 Å². The lowest BCUT2D eigenvalue weighted by Crippen LogP contribution is -2.10. The first-order valence-corrected chi connectivity index (χ1v) is 10.9. The highest BCUT2D eigenvalue weighted by atomic mass is 35.5. The van der Waals surface area contributed by atoms with E-state index in [2.05, 4.69) is 13.2 Å². The van der Waals surface area contributed by atoms with E-state index in [1.54, 1.807) is 0 Å². The van der Waals surface area contributed by atoms with E-state index in [9.17, 15) is 13.9 Å². The highest BCUT2D eigenvalue weighted by Crippen LogP contribution is 2.37. The fraction of sp³-hybridized carbons (Fsp3) is 0.259. The molecule has 0 aliphatic rings. The molecule has 6 heteroatoms. The number of allylic oxidation sites excluding steroid dienone is 5. The molecule has 3 nitrogen and oxygen atoms in total. The third-order valence-corrected chi connectivity index (χ3v) is 5.23. The quantitative estimate of drug-likeness (QED) is 0.283. The lowest BCUT2D eigenvalue weighted by Gasteiger charge is -2.12. The molecule has 0 saturated carbocycles. The molecule has 0 aliphatic carbocycles. The third kappa shape index (κ3) is 6.80. The maximum Gasteiger partial charge on any atom is 0.266 e. The number of aliphatic hydroxyl groups is 1. The SMILES string of the molecule is C=C/C(=C\C=C(/C)C(C)(F)F)Oc1cc(C)cc(-c2cn(CCO)c(/C=C\C)c2C(=C)Cl)c1. The van der Waals surface area contributed by atoms with Crippen molar-refractivity contribution in [1.29, 1.82) is 0 Å². The highest BCUT2D eigenvalue weighted by molar-refractivity contribution is 6.49. The van der Waals surface area contributed by atoms with Gasteiger partial charge in [-0.15, -0.1) is 0 Å². The molecule has 0 aliphatic heterocycles. The van der Waals surface area contributed by atoms with Crippen LogP contribution in [0.1, 0.15) is 37.6 Å². The first kappa shape index (κ1) is 26.4. The van der Waals surface area contributed by atoms with Gasteiger partial charge in [-0.3, -0.25) is 0 Å². The van der Waals surface area contributed by atoms with Gasteiger partial charge in [-0.25, -0.2) is 8.78 Å². The lowest BCUT2D eigenvalue weighted by molar-refractivity contribution is 0.0635. The van der Waals surface area contributed by atoms with E-state index >= 15 is 0 Å². The number of hydrogen-bond acceptors (Lipinski definition) is 2. The normalized spacial score (nSPS) is 13.0. The van der Waals surface area contributed by atoms with Crippen LogP contribution in [0, 0.1) is 6.92 Å². The Morgan fingerprint density at radius 3 is 2.52 bits per heavy atom. The number of aryl methyl sites for hydroxylation is 1. The number of alkyl halides is 2. The molecule has 0 radical (unpaired) electrons. The molecule has 2 rings (SSSR count). The van der Waals surface area contributed by atoms with Gasteiger partial charge in [0, 0.05) is 41.5 Å². The van der Waals surface area contributed by atoms with Gasteiger partial charge in [-0.2, -0.15) is 0 Å². The van der Waals surface area contributed by atoms with Gasteiger partial charge in [0.25, 0.3) is 5.92 Å². The molecule has 1 aromatic heterocycles. The topological polar surface area (TPSA) is 34.4 Å². The summed E-state index contributed by atoms with van der Waals surface area (Å²) in [5.41, 5.74) is 4.16. The van der Waals surface area contributed by atoms with Crippen LogP contribution in [0.25, 0.3) is 22.2 Å². The van der Waals surface area contributed by atoms with Crippen molar-refractivity contribution in [2.24, 2.45) is 0 Å². The van der Waals surface area contributed by atoms with Crippen LogP contribution >= 0.6 is 11.6 Å². The lowest BCUT2D eigenvalue weighted by atomic mass is 10.0. The van der Waals surface area contributed by atoms with E-state index < -0.39 is 5.92 Å². The van der Waals surface area contributed by atoms with Crippen LogP contribution in [-0.2, 0) is 6.54 Å². The zero-order valence-corrected chi connectivity index (χ0v) is 20.2. The van der Waals surface area contributed by atoms with Crippen molar-refractivity contribution in [2.75, 3.05) is 6.61 Å². The number of aromatic nitrogens is 1. The largest absolute Gasteiger partial charge is 0.457 e. The Morgan fingerprint density at radius 2 is 1.97 bits per heavy atom. The molecule has 1 aromatic carbocycles. The van der Waals surface area contributed by atoms with Crippen LogP contribution in [0.4, 0.5) is 8.78 Å². The molecule has 0 saturated heterocycles. The Morgan fingerprint density at radius 1 is 1.27 bits per heavy atom. The second-order valence-corrected chi connectivity index (χ2v) is 8.23. The smallest absolute Gasteiger partial charge is 0.266 e. The van der Waals surface area contributed by atoms with E-state index in [4.69, 9.17) is 16.3 Å². The molecule has 0 atom stereocenters. The van der Waals surface area contributed by atoms with Gasteiger partial charge in [-0.1, -0.05) is 43.0 Å². The second kappa shape index (κ2) is 11.3. The maximum absolute atomic E-state index is 13.4. The molecule has 0 amide bonds. The van der Waals surface area contributed by atoms with Crippen molar-refractivity contribution in [2.45, 2.75) is 40.2 Å². The van der Waals surface area contributed by atoms with Crippen molar-refractivity contribution in [3.63, 3.8) is 0 Å². The van der Waals surface area contributed by atoms with E-state index in [0.29, 0.717) is 23.1 Å². The number of benzene rings is 1. The van der Waals surface area contributed by atoms with Crippen LogP contribution in [0.5, 0.6) is 5.75 Å². The molecular weight excluding hydrogens is 444 g/mol. The van der Waals surface area contributed by atoms with E-state index in [-0.39, 0.29) is 12.2 Å². The van der Waals surface area contributed by atoms with Gasteiger partial charge in [-0.05, 0) is 67.8 Å². The standard InChI is InChI=1S/C27H30ClF2NO2/c1-7-9-25-26(20(5)28)24(17-31(25)12-13-32)21-14-18(3)15-23(16-21)33-22(8-2)11-10-19(4)27(6,29)30/h7-11,14-17,32H,2,5,12-13H2,1,3-4,6H3/b9-7-,19-10+,22-11+. The summed E-state index contributed by atoms with van der Waals surface area (Å²) >= 11 is 6.38. The van der Waals surface area contributed by atoms with Gasteiger partial charge in [0.05, 0.1) is 6.61 Å². The molecule has 0 unspecified atom stereocenters. The molecule has 2 aromatic rings. The van der Waals surface area contributed by atoms with Gasteiger partial charge in [0.2, 0.25) is 0 Å². The molecule has 1 N–H and O–H groups in total. The molecule has 1 heterocycles. The molecular formula is C27H30ClF2NO2. The summed E-state index contributed by atoms with van der Waals surface area (Å²) in [7, 11) is 0. The fourth-order valence-corrected chi connectivity index (χ4v) is 3.50. The van der Waals surface area contributed by atoms with Crippen molar-refractivity contribution >= 4 is 22.7 Å². The Balaban J connectivity index is 2.56. The second-order valence-electron chi connectivity index (χ2n) is 7.77. The fourth-order valence-electron chi connectivity index (χ4n) is 3.30. The molecule has 176 valence electrons. The summed E-state index contributed by atoms with van der Waals surface area (Å²) in [6.07, 6.45) is 10.0. The number of nitrogens with zero attached hydrogens (tertiary/aromatic N) is 1. The molecule has 0 fully saturated rings. The zero-order valence-electron chi connectivity index (χ0n) is 19.5. The summed E-state index contributed by atoms with van der Waals surface area (Å²) < 4.78 is 34.7. The summed E-state index contributed by atoms with van der Waals surface area (Å²) in [6, 6.07) is 5.68. The summed E-state index contributed by atoms with van der Waals surface area (Å²) in [4.78, 5) is 0. The minimum absolute atomic E-state index is 0.0215. The predicted octanol–water partition coefficient (Wildman–Crippen LogP) is 7.75. The van der Waals surface area contributed by atoms with E-state index in [1.165, 1.54) is 25.2 Å². The Labute approximate surface area is 199 Å². The van der Waals surface area contributed by atoms with Gasteiger partial charge in [0.15, 0.2) is 0 Å². The predicted molar refractivity (Wildman–Crippen MR) is 135 cm³/mol. The van der Waals surface area contributed by atoms with Crippen molar-refractivity contribution in [3.05, 3.63) is 90.0 Å². The minimum atomic E-state index is -2.91. The summed E-state index contributed by atoms with van der Waals surface area (Å²) in [6.45, 7) is 14.1. The van der Waals surface area contributed by atoms with Crippen LogP contribution in [0.3, 0.4) is 0 Å². The highest BCUT2D eigenvalue weighted by Gasteiger charge is 2.23. The van der Waals surface area contributed by atoms with Gasteiger partial charge >= 0.3 is 0 Å². The van der Waals surface area contributed by atoms with Crippen molar-refractivity contribution < 1.29 is 18.6 Å². The molecule has 33 heavy (non-hydrogen) atoms. The number of ether oxygens (including phenoxy) is 1. The number of rotatable bonds is 10. The maximum atomic E-state index is 13.4. The Bertz CT molecular complexity index is 1120. The molecule has 0 spiro atoms. The van der Waals surface area contributed by atoms with Crippen LogP contribution in [-0.4, -0.2) is 22.2 Å². The average molecular weight is 474 g/mol. The number of aliphatic hydroxyl groups excluding tert-OH is 1. The first-order chi connectivity index (χ1) is 15.5. The van der Waals surface area contributed by atoms with Crippen molar-refractivity contribution in [3.8, 4) is 16.9 Å². The Kier molecular flexibility index (Phi) is 9.03. The van der Waals surface area contributed by atoms with Crippen molar-refractivity contribution in [1.82, 2.24) is 4.57 Å². The van der Waals surface area contributed by atoms with E-state index in [1.807, 2.05) is 55.0 Å². The van der Waals surface area contributed by atoms with E-state index in [0.717, 1.165) is 34.9 Å². The summed E-state index contributed by atoms with van der Waals surface area (Å²) in [5, 5.41) is 9.87. The van der Waals surface area contributed by atoms with Gasteiger partial charge < -0.3 is 14.4 Å². The van der Waals surface area contributed by atoms with Gasteiger partial charge in [0.1, 0.15) is 11.5 Å². The summed E-state index contributed by atoms with van der Waals surface area (Å²) in [5.74, 6) is -2.05. The molecule has 0 bridgehead atoms. The van der Waals surface area contributed by atoms with Crippen LogP contribution in [0.15, 0.2) is 73.2 Å². The Hall–Kier alpha value is -2.89. The average Bonchev–Trinajstić information content (AvgIpc) is 3.08. The number of halogens is 3.